The molecule has 2 N–H and O–H groups in total. The average molecular weight is 261 g/mol. The second kappa shape index (κ2) is 5.10. The third-order valence-electron chi connectivity index (χ3n) is 3.30. The number of halogens is 2. The Morgan fingerprint density at radius 3 is 2.32 bits per heavy atom. The molecule has 0 aliphatic rings. The highest BCUT2D eigenvalue weighted by atomic mass is 19.2. The van der Waals surface area contributed by atoms with E-state index in [1.165, 1.54) is 6.07 Å². The first-order valence-electron chi connectivity index (χ1n) is 6.19. The molecule has 0 radical (unpaired) electrons. The van der Waals surface area contributed by atoms with Gasteiger partial charge in [0.2, 0.25) is 0 Å². The van der Waals surface area contributed by atoms with Gasteiger partial charge in [-0.15, -0.1) is 0 Å². The molecule has 0 amide bonds. The lowest BCUT2D eigenvalue weighted by atomic mass is 9.86. The van der Waals surface area contributed by atoms with Gasteiger partial charge in [0.1, 0.15) is 0 Å². The predicted octanol–water partition coefficient (Wildman–Crippen LogP) is 3.69. The normalized spacial score (nSPS) is 14.2. The minimum absolute atomic E-state index is 0.250. The van der Waals surface area contributed by atoms with E-state index in [9.17, 15) is 8.78 Å². The van der Waals surface area contributed by atoms with E-state index < -0.39 is 17.2 Å². The summed E-state index contributed by atoms with van der Waals surface area (Å²) in [4.78, 5) is 0. The molecule has 0 heterocycles. The zero-order valence-electron chi connectivity index (χ0n) is 11.1. The first-order valence-corrected chi connectivity index (χ1v) is 6.19. The quantitative estimate of drug-likeness (QED) is 0.896. The second-order valence-corrected chi connectivity index (χ2v) is 5.17. The number of nitrogens with two attached hydrogens (primary N) is 1. The first-order chi connectivity index (χ1) is 8.90. The Morgan fingerprint density at radius 2 is 1.68 bits per heavy atom. The summed E-state index contributed by atoms with van der Waals surface area (Å²) in [6.45, 7) is 3.81. The molecule has 1 atom stereocenters. The summed E-state index contributed by atoms with van der Waals surface area (Å²) in [5, 5.41) is 0. The fourth-order valence-electron chi connectivity index (χ4n) is 2.12. The van der Waals surface area contributed by atoms with Crippen molar-refractivity contribution in [3.8, 4) is 0 Å². The van der Waals surface area contributed by atoms with E-state index in [4.69, 9.17) is 5.73 Å². The monoisotopic (exact) mass is 261 g/mol. The molecule has 2 rings (SSSR count). The summed E-state index contributed by atoms with van der Waals surface area (Å²) in [7, 11) is 0. The van der Waals surface area contributed by atoms with Crippen LogP contribution in [0.15, 0.2) is 42.5 Å². The maximum atomic E-state index is 13.7. The maximum Gasteiger partial charge on any atom is 0.162 e. The van der Waals surface area contributed by atoms with Crippen molar-refractivity contribution < 1.29 is 8.78 Å². The van der Waals surface area contributed by atoms with Crippen LogP contribution in [0, 0.1) is 18.6 Å². The fourth-order valence-corrected chi connectivity index (χ4v) is 2.12. The molecular formula is C16H17F2N. The molecule has 1 unspecified atom stereocenters. The highest BCUT2D eigenvalue weighted by Crippen LogP contribution is 2.25. The second-order valence-electron chi connectivity index (χ2n) is 5.17. The van der Waals surface area contributed by atoms with Crippen LogP contribution in [-0.4, -0.2) is 0 Å². The number of benzene rings is 2. The molecule has 2 aromatic carbocycles. The van der Waals surface area contributed by atoms with E-state index in [1.807, 2.05) is 38.1 Å². The van der Waals surface area contributed by atoms with Crippen LogP contribution in [0.4, 0.5) is 8.78 Å². The molecule has 0 saturated heterocycles. The van der Waals surface area contributed by atoms with Crippen LogP contribution >= 0.6 is 0 Å². The molecule has 0 bridgehead atoms. The summed E-state index contributed by atoms with van der Waals surface area (Å²) in [6, 6.07) is 11.9. The Morgan fingerprint density at radius 1 is 1.05 bits per heavy atom. The lowest BCUT2D eigenvalue weighted by molar-refractivity contribution is 0.453. The zero-order chi connectivity index (χ0) is 14.0. The Labute approximate surface area is 112 Å². The van der Waals surface area contributed by atoms with Crippen molar-refractivity contribution in [2.75, 3.05) is 0 Å². The van der Waals surface area contributed by atoms with E-state index >= 15 is 0 Å². The zero-order valence-corrected chi connectivity index (χ0v) is 11.1. The largest absolute Gasteiger partial charge is 0.321 e. The first kappa shape index (κ1) is 13.7. The summed E-state index contributed by atoms with van der Waals surface area (Å²) < 4.78 is 26.9. The van der Waals surface area contributed by atoms with Crippen LogP contribution in [0.3, 0.4) is 0 Å². The molecule has 3 heteroatoms. The summed E-state index contributed by atoms with van der Waals surface area (Å²) in [6.07, 6.45) is 0.250. The lowest BCUT2D eigenvalue weighted by Gasteiger charge is -2.26. The number of hydrogen-bond acceptors (Lipinski definition) is 1. The van der Waals surface area contributed by atoms with Crippen LogP contribution in [-0.2, 0) is 12.0 Å². The molecule has 0 spiro atoms. The number of hydrogen-bond donors (Lipinski definition) is 1. The van der Waals surface area contributed by atoms with Gasteiger partial charge in [0.15, 0.2) is 11.6 Å². The molecule has 0 saturated carbocycles. The highest BCUT2D eigenvalue weighted by molar-refractivity contribution is 5.30. The Hall–Kier alpha value is -1.74. The van der Waals surface area contributed by atoms with E-state index in [2.05, 4.69) is 0 Å². The summed E-state index contributed by atoms with van der Waals surface area (Å²) >= 11 is 0. The van der Waals surface area contributed by atoms with Gasteiger partial charge in [-0.3, -0.25) is 0 Å². The van der Waals surface area contributed by atoms with Gasteiger partial charge < -0.3 is 5.73 Å². The Bertz CT molecular complexity index is 574. The van der Waals surface area contributed by atoms with Gasteiger partial charge in [-0.05, 0) is 37.5 Å². The fraction of sp³-hybridized carbons (Fsp3) is 0.250. The van der Waals surface area contributed by atoms with Crippen LogP contribution in [0.25, 0.3) is 0 Å². The summed E-state index contributed by atoms with van der Waals surface area (Å²) in [5.74, 6) is -1.65. The Kier molecular flexibility index (Phi) is 3.67. The van der Waals surface area contributed by atoms with E-state index in [0.29, 0.717) is 5.56 Å². The van der Waals surface area contributed by atoms with Gasteiger partial charge in [0.25, 0.3) is 0 Å². The Balaban J connectivity index is 2.30. The van der Waals surface area contributed by atoms with Crippen molar-refractivity contribution in [2.24, 2.45) is 5.73 Å². The molecular weight excluding hydrogens is 244 g/mol. The van der Waals surface area contributed by atoms with Gasteiger partial charge >= 0.3 is 0 Å². The van der Waals surface area contributed by atoms with Crippen LogP contribution in [0.2, 0.25) is 0 Å². The molecule has 0 fully saturated rings. The molecule has 0 aliphatic heterocycles. The van der Waals surface area contributed by atoms with Crippen molar-refractivity contribution in [2.45, 2.75) is 25.8 Å². The molecule has 1 nitrogen and oxygen atoms in total. The van der Waals surface area contributed by atoms with Crippen molar-refractivity contribution in [1.82, 2.24) is 0 Å². The van der Waals surface area contributed by atoms with E-state index in [1.54, 1.807) is 6.07 Å². The van der Waals surface area contributed by atoms with E-state index in [0.717, 1.165) is 17.2 Å². The molecule has 19 heavy (non-hydrogen) atoms. The molecule has 0 aliphatic carbocycles. The molecule has 0 aromatic heterocycles. The van der Waals surface area contributed by atoms with Gasteiger partial charge in [-0.2, -0.15) is 0 Å². The minimum atomic E-state index is -0.836. The van der Waals surface area contributed by atoms with Crippen molar-refractivity contribution in [1.29, 1.82) is 0 Å². The maximum absolute atomic E-state index is 13.7. The van der Waals surface area contributed by atoms with Gasteiger partial charge in [0, 0.05) is 5.54 Å². The summed E-state index contributed by atoms with van der Waals surface area (Å²) in [5.41, 5.74) is 7.85. The smallest absolute Gasteiger partial charge is 0.162 e. The van der Waals surface area contributed by atoms with Gasteiger partial charge in [-0.1, -0.05) is 42.0 Å². The van der Waals surface area contributed by atoms with E-state index in [-0.39, 0.29) is 6.42 Å². The SMILES string of the molecule is Cc1ccc(C(C)(N)Cc2cccc(F)c2F)cc1. The van der Waals surface area contributed by atoms with Crippen LogP contribution in [0.5, 0.6) is 0 Å². The minimum Gasteiger partial charge on any atom is -0.321 e. The van der Waals surface area contributed by atoms with Crippen LogP contribution < -0.4 is 5.73 Å². The number of aryl methyl sites for hydroxylation is 1. The lowest BCUT2D eigenvalue weighted by Crippen LogP contribution is -2.35. The van der Waals surface area contributed by atoms with Crippen molar-refractivity contribution >= 4 is 0 Å². The number of rotatable bonds is 3. The molecule has 100 valence electrons. The van der Waals surface area contributed by atoms with Crippen LogP contribution in [0.1, 0.15) is 23.6 Å². The van der Waals surface area contributed by atoms with Crippen molar-refractivity contribution in [3.05, 3.63) is 70.8 Å². The topological polar surface area (TPSA) is 26.0 Å². The predicted molar refractivity (Wildman–Crippen MR) is 72.8 cm³/mol. The van der Waals surface area contributed by atoms with Gasteiger partial charge in [-0.25, -0.2) is 8.78 Å². The highest BCUT2D eigenvalue weighted by Gasteiger charge is 2.23. The third-order valence-corrected chi connectivity index (χ3v) is 3.30. The third kappa shape index (κ3) is 2.99. The standard InChI is InChI=1S/C16H17F2N/c1-11-6-8-13(9-7-11)16(2,19)10-12-4-3-5-14(17)15(12)18/h3-9H,10,19H2,1-2H3. The average Bonchev–Trinajstić information content (AvgIpc) is 2.35. The van der Waals surface area contributed by atoms with Crippen molar-refractivity contribution in [3.63, 3.8) is 0 Å². The molecule has 2 aromatic rings. The van der Waals surface area contributed by atoms with Gasteiger partial charge in [0.05, 0.1) is 0 Å².